The maximum absolute atomic E-state index is 6.24. The van der Waals surface area contributed by atoms with E-state index in [9.17, 15) is 0 Å². The minimum Gasteiger partial charge on any atom is -0.302 e. The molecule has 0 spiro atoms. The predicted molar refractivity (Wildman–Crippen MR) is 88.7 cm³/mol. The highest BCUT2D eigenvalue weighted by molar-refractivity contribution is 6.35. The standard InChI is InChI=1S/C17H22ClN3/c1-20(12-15-6-4-10-21(15)2)11-14-9-8-13-5-3-7-16(18)17(13)19-14/h3,5,7-9,15H,4,6,10-12H2,1-2H3. The van der Waals surface area contributed by atoms with Gasteiger partial charge in [-0.1, -0.05) is 29.8 Å². The molecule has 0 aliphatic carbocycles. The van der Waals surface area contributed by atoms with Crippen LogP contribution in [-0.2, 0) is 6.54 Å². The number of fused-ring (bicyclic) bond motifs is 1. The molecule has 1 aliphatic heterocycles. The maximum atomic E-state index is 6.24. The van der Waals surface area contributed by atoms with Crippen LogP contribution in [0.5, 0.6) is 0 Å². The van der Waals surface area contributed by atoms with Crippen LogP contribution in [0.25, 0.3) is 10.9 Å². The summed E-state index contributed by atoms with van der Waals surface area (Å²) in [6, 6.07) is 10.8. The number of nitrogens with zero attached hydrogens (tertiary/aromatic N) is 3. The lowest BCUT2D eigenvalue weighted by molar-refractivity contribution is 0.214. The SMILES string of the molecule is CN(Cc1ccc2cccc(Cl)c2n1)CC1CCCN1C. The number of aromatic nitrogens is 1. The maximum Gasteiger partial charge on any atom is 0.0891 e. The highest BCUT2D eigenvalue weighted by Gasteiger charge is 2.22. The first kappa shape index (κ1) is 14.8. The van der Waals surface area contributed by atoms with Gasteiger partial charge in [-0.25, -0.2) is 4.98 Å². The Bertz CT molecular complexity index is 628. The van der Waals surface area contributed by atoms with E-state index < -0.39 is 0 Å². The monoisotopic (exact) mass is 303 g/mol. The summed E-state index contributed by atoms with van der Waals surface area (Å²) >= 11 is 6.24. The molecule has 0 bridgehead atoms. The largest absolute Gasteiger partial charge is 0.302 e. The lowest BCUT2D eigenvalue weighted by Crippen LogP contribution is -2.36. The quantitative estimate of drug-likeness (QED) is 0.863. The van der Waals surface area contributed by atoms with Crippen LogP contribution >= 0.6 is 11.6 Å². The average Bonchev–Trinajstić information content (AvgIpc) is 2.85. The van der Waals surface area contributed by atoms with Crippen molar-refractivity contribution in [2.24, 2.45) is 0 Å². The number of likely N-dealkylation sites (N-methyl/N-ethyl adjacent to an activating group) is 2. The van der Waals surface area contributed by atoms with E-state index in [1.54, 1.807) is 0 Å². The summed E-state index contributed by atoms with van der Waals surface area (Å²) in [4.78, 5) is 9.54. The fraction of sp³-hybridized carbons (Fsp3) is 0.471. The molecule has 4 heteroatoms. The van der Waals surface area contributed by atoms with Gasteiger partial charge in [-0.2, -0.15) is 0 Å². The molecule has 1 unspecified atom stereocenters. The zero-order chi connectivity index (χ0) is 14.8. The van der Waals surface area contributed by atoms with Crippen LogP contribution in [0.3, 0.4) is 0 Å². The normalized spacial score (nSPS) is 19.7. The summed E-state index contributed by atoms with van der Waals surface area (Å²) in [6.45, 7) is 3.19. The second-order valence-electron chi connectivity index (χ2n) is 6.09. The number of likely N-dealkylation sites (tertiary alicyclic amines) is 1. The van der Waals surface area contributed by atoms with Crippen molar-refractivity contribution in [1.29, 1.82) is 0 Å². The number of benzene rings is 1. The van der Waals surface area contributed by atoms with Gasteiger partial charge in [0.1, 0.15) is 0 Å². The van der Waals surface area contributed by atoms with Crippen molar-refractivity contribution in [3.05, 3.63) is 41.0 Å². The fourth-order valence-corrected chi connectivity index (χ4v) is 3.37. The number of hydrogen-bond acceptors (Lipinski definition) is 3. The van der Waals surface area contributed by atoms with Crippen LogP contribution in [0.2, 0.25) is 5.02 Å². The van der Waals surface area contributed by atoms with Crippen LogP contribution < -0.4 is 0 Å². The molecule has 0 amide bonds. The molecule has 0 N–H and O–H groups in total. The van der Waals surface area contributed by atoms with Gasteiger partial charge in [-0.05, 0) is 45.6 Å². The lowest BCUT2D eigenvalue weighted by atomic mass is 10.2. The molecule has 1 aromatic carbocycles. The predicted octanol–water partition coefficient (Wildman–Crippen LogP) is 3.41. The van der Waals surface area contributed by atoms with E-state index in [4.69, 9.17) is 16.6 Å². The third-order valence-corrected chi connectivity index (χ3v) is 4.66. The minimum atomic E-state index is 0.680. The Balaban J connectivity index is 1.71. The molecular weight excluding hydrogens is 282 g/mol. The zero-order valence-electron chi connectivity index (χ0n) is 12.7. The average molecular weight is 304 g/mol. The zero-order valence-corrected chi connectivity index (χ0v) is 13.5. The topological polar surface area (TPSA) is 19.4 Å². The Morgan fingerprint density at radius 3 is 2.95 bits per heavy atom. The van der Waals surface area contributed by atoms with E-state index in [0.717, 1.165) is 34.7 Å². The second kappa shape index (κ2) is 6.30. The number of hydrogen-bond donors (Lipinski definition) is 0. The highest BCUT2D eigenvalue weighted by atomic mass is 35.5. The molecule has 1 atom stereocenters. The van der Waals surface area contributed by atoms with Gasteiger partial charge in [-0.3, -0.25) is 4.90 Å². The van der Waals surface area contributed by atoms with Crippen molar-refractivity contribution in [1.82, 2.24) is 14.8 Å². The Morgan fingerprint density at radius 2 is 2.19 bits per heavy atom. The van der Waals surface area contributed by atoms with Crippen LogP contribution in [0.4, 0.5) is 0 Å². The van der Waals surface area contributed by atoms with Gasteiger partial charge < -0.3 is 4.90 Å². The van der Waals surface area contributed by atoms with E-state index in [2.05, 4.69) is 42.1 Å². The lowest BCUT2D eigenvalue weighted by Gasteiger charge is -2.25. The van der Waals surface area contributed by atoms with Gasteiger partial charge in [0.2, 0.25) is 0 Å². The Labute approximate surface area is 131 Å². The summed E-state index contributed by atoms with van der Waals surface area (Å²) in [5.41, 5.74) is 1.99. The van der Waals surface area contributed by atoms with E-state index in [1.165, 1.54) is 19.4 Å². The number of rotatable bonds is 4. The number of pyridine rings is 1. The van der Waals surface area contributed by atoms with Gasteiger partial charge in [0.15, 0.2) is 0 Å². The van der Waals surface area contributed by atoms with Crippen molar-refractivity contribution in [3.8, 4) is 0 Å². The molecule has 1 saturated heterocycles. The first-order valence-corrected chi connectivity index (χ1v) is 7.94. The van der Waals surface area contributed by atoms with Crippen molar-refractivity contribution in [2.45, 2.75) is 25.4 Å². The summed E-state index contributed by atoms with van der Waals surface area (Å²) in [5.74, 6) is 0. The van der Waals surface area contributed by atoms with Gasteiger partial charge >= 0.3 is 0 Å². The molecule has 1 fully saturated rings. The molecule has 112 valence electrons. The van der Waals surface area contributed by atoms with E-state index in [1.807, 2.05) is 12.1 Å². The van der Waals surface area contributed by atoms with Gasteiger partial charge in [0.05, 0.1) is 16.2 Å². The molecule has 2 aromatic rings. The van der Waals surface area contributed by atoms with Gasteiger partial charge in [0, 0.05) is 24.5 Å². The van der Waals surface area contributed by atoms with Crippen molar-refractivity contribution in [3.63, 3.8) is 0 Å². The number of para-hydroxylation sites is 1. The second-order valence-corrected chi connectivity index (χ2v) is 6.49. The molecule has 1 aliphatic rings. The van der Waals surface area contributed by atoms with Gasteiger partial charge in [-0.15, -0.1) is 0 Å². The summed E-state index contributed by atoms with van der Waals surface area (Å²) < 4.78 is 0. The van der Waals surface area contributed by atoms with Crippen LogP contribution in [0, 0.1) is 0 Å². The molecule has 3 nitrogen and oxygen atoms in total. The molecule has 3 rings (SSSR count). The summed E-state index contributed by atoms with van der Waals surface area (Å²) in [6.07, 6.45) is 2.62. The van der Waals surface area contributed by atoms with Crippen LogP contribution in [0.15, 0.2) is 30.3 Å². The molecule has 0 saturated carbocycles. The fourth-order valence-electron chi connectivity index (χ4n) is 3.15. The summed E-state index contributed by atoms with van der Waals surface area (Å²) in [5, 5.41) is 1.83. The molecule has 2 heterocycles. The van der Waals surface area contributed by atoms with Crippen molar-refractivity contribution in [2.75, 3.05) is 27.2 Å². The highest BCUT2D eigenvalue weighted by Crippen LogP contribution is 2.22. The number of halogens is 1. The Morgan fingerprint density at radius 1 is 1.33 bits per heavy atom. The third-order valence-electron chi connectivity index (χ3n) is 4.35. The van der Waals surface area contributed by atoms with Crippen LogP contribution in [0.1, 0.15) is 18.5 Å². The van der Waals surface area contributed by atoms with Gasteiger partial charge in [0.25, 0.3) is 0 Å². The first-order valence-electron chi connectivity index (χ1n) is 7.56. The molecular formula is C17H22ClN3. The molecule has 1 aromatic heterocycles. The third kappa shape index (κ3) is 3.37. The minimum absolute atomic E-state index is 0.680. The smallest absolute Gasteiger partial charge is 0.0891 e. The first-order chi connectivity index (χ1) is 10.1. The van der Waals surface area contributed by atoms with E-state index >= 15 is 0 Å². The summed E-state index contributed by atoms with van der Waals surface area (Å²) in [7, 11) is 4.39. The van der Waals surface area contributed by atoms with E-state index in [0.29, 0.717) is 6.04 Å². The van der Waals surface area contributed by atoms with Crippen LogP contribution in [-0.4, -0.2) is 48.0 Å². The Kier molecular flexibility index (Phi) is 4.43. The Hall–Kier alpha value is -1.16. The molecule has 21 heavy (non-hydrogen) atoms. The van der Waals surface area contributed by atoms with E-state index in [-0.39, 0.29) is 0 Å². The van der Waals surface area contributed by atoms with Crippen molar-refractivity contribution >= 4 is 22.5 Å². The van der Waals surface area contributed by atoms with Crippen molar-refractivity contribution < 1.29 is 0 Å². The molecule has 0 radical (unpaired) electrons.